The predicted molar refractivity (Wildman–Crippen MR) is 80.9 cm³/mol. The first-order valence-corrected chi connectivity index (χ1v) is 7.19. The Hall–Kier alpha value is -1.51. The van der Waals surface area contributed by atoms with Gasteiger partial charge in [-0.25, -0.2) is 0 Å². The van der Waals surface area contributed by atoms with Crippen molar-refractivity contribution in [3.63, 3.8) is 0 Å². The molecule has 0 aromatic heterocycles. The third-order valence-electron chi connectivity index (χ3n) is 3.15. The molecule has 0 saturated carbocycles. The maximum atomic E-state index is 11.6. The van der Waals surface area contributed by atoms with Crippen LogP contribution in [-0.4, -0.2) is 12.5 Å². The van der Waals surface area contributed by atoms with E-state index >= 15 is 0 Å². The number of rotatable bonds is 8. The molecule has 19 heavy (non-hydrogen) atoms. The molecule has 0 aliphatic rings. The van der Waals surface area contributed by atoms with E-state index in [4.69, 9.17) is 5.73 Å². The van der Waals surface area contributed by atoms with Crippen molar-refractivity contribution in [3.8, 4) is 0 Å². The molecule has 0 fully saturated rings. The van der Waals surface area contributed by atoms with Gasteiger partial charge in [-0.1, -0.05) is 38.8 Å². The predicted octanol–water partition coefficient (Wildman–Crippen LogP) is 3.14. The number of nitrogens with one attached hydrogen (secondary N) is 1. The quantitative estimate of drug-likeness (QED) is 0.558. The minimum Gasteiger partial charge on any atom is -0.399 e. The van der Waals surface area contributed by atoms with E-state index in [1.807, 2.05) is 24.3 Å². The highest BCUT2D eigenvalue weighted by Gasteiger charge is 2.02. The fraction of sp³-hybridized carbons (Fsp3) is 0.562. The molecule has 1 aromatic rings. The van der Waals surface area contributed by atoms with Gasteiger partial charge in [0.1, 0.15) is 0 Å². The van der Waals surface area contributed by atoms with Gasteiger partial charge in [-0.15, -0.1) is 0 Å². The van der Waals surface area contributed by atoms with Crippen LogP contribution < -0.4 is 11.1 Å². The monoisotopic (exact) mass is 262 g/mol. The lowest BCUT2D eigenvalue weighted by Gasteiger charge is -2.07. The molecule has 106 valence electrons. The molecule has 3 heteroatoms. The van der Waals surface area contributed by atoms with Crippen LogP contribution in [-0.2, 0) is 11.2 Å². The number of hydrogen-bond acceptors (Lipinski definition) is 2. The van der Waals surface area contributed by atoms with Crippen molar-refractivity contribution >= 4 is 11.6 Å². The number of aryl methyl sites for hydroxylation is 1. The Balaban J connectivity index is 2.09. The summed E-state index contributed by atoms with van der Waals surface area (Å²) < 4.78 is 0. The van der Waals surface area contributed by atoms with Crippen molar-refractivity contribution in [2.75, 3.05) is 12.3 Å². The number of nitrogen functional groups attached to an aromatic ring is 1. The summed E-state index contributed by atoms with van der Waals surface area (Å²) in [5.41, 5.74) is 7.54. The first-order valence-electron chi connectivity index (χ1n) is 7.19. The molecule has 3 nitrogen and oxygen atoms in total. The minimum atomic E-state index is 0.140. The van der Waals surface area contributed by atoms with Crippen molar-refractivity contribution in [3.05, 3.63) is 29.8 Å². The molecule has 1 amide bonds. The normalized spacial score (nSPS) is 10.7. The highest BCUT2D eigenvalue weighted by molar-refractivity contribution is 5.76. The van der Waals surface area contributed by atoms with Crippen LogP contribution in [0.4, 0.5) is 5.69 Å². The lowest BCUT2D eigenvalue weighted by molar-refractivity contribution is -0.121. The standard InChI is InChI=1S/C16H26N2O/c1-13(2)5-3-4-12-18-16(19)11-8-14-6-9-15(17)10-7-14/h6-7,9-10,13H,3-5,8,11-12,17H2,1-2H3,(H,18,19). The van der Waals surface area contributed by atoms with E-state index in [1.165, 1.54) is 12.8 Å². The Kier molecular flexibility index (Phi) is 7.01. The third kappa shape index (κ3) is 7.50. The van der Waals surface area contributed by atoms with E-state index < -0.39 is 0 Å². The number of benzene rings is 1. The minimum absolute atomic E-state index is 0.140. The molecule has 0 atom stereocenters. The van der Waals surface area contributed by atoms with Crippen molar-refractivity contribution in [1.82, 2.24) is 5.32 Å². The molecule has 0 saturated heterocycles. The molecule has 0 heterocycles. The maximum Gasteiger partial charge on any atom is 0.220 e. The molecule has 3 N–H and O–H groups in total. The molecule has 0 radical (unpaired) electrons. The number of hydrogen-bond donors (Lipinski definition) is 2. The van der Waals surface area contributed by atoms with Gasteiger partial charge < -0.3 is 11.1 Å². The maximum absolute atomic E-state index is 11.6. The van der Waals surface area contributed by atoms with Gasteiger partial charge in [-0.05, 0) is 36.5 Å². The Bertz CT molecular complexity index is 371. The Morgan fingerprint density at radius 3 is 2.53 bits per heavy atom. The van der Waals surface area contributed by atoms with Crippen molar-refractivity contribution in [2.45, 2.75) is 46.0 Å². The van der Waals surface area contributed by atoms with Gasteiger partial charge in [0.05, 0.1) is 0 Å². The Morgan fingerprint density at radius 2 is 1.89 bits per heavy atom. The van der Waals surface area contributed by atoms with Crippen molar-refractivity contribution < 1.29 is 4.79 Å². The summed E-state index contributed by atoms with van der Waals surface area (Å²) in [7, 11) is 0. The van der Waals surface area contributed by atoms with Gasteiger partial charge in [0.2, 0.25) is 5.91 Å². The summed E-state index contributed by atoms with van der Waals surface area (Å²) in [5, 5.41) is 2.97. The fourth-order valence-electron chi connectivity index (χ4n) is 1.94. The van der Waals surface area contributed by atoms with Crippen LogP contribution >= 0.6 is 0 Å². The zero-order valence-corrected chi connectivity index (χ0v) is 12.1. The van der Waals surface area contributed by atoms with Crippen LogP contribution in [0.3, 0.4) is 0 Å². The summed E-state index contributed by atoms with van der Waals surface area (Å²) >= 11 is 0. The summed E-state index contributed by atoms with van der Waals surface area (Å²) in [5.74, 6) is 0.891. The Morgan fingerprint density at radius 1 is 1.21 bits per heavy atom. The molecule has 0 unspecified atom stereocenters. The van der Waals surface area contributed by atoms with Crippen LogP contribution in [0.25, 0.3) is 0 Å². The first kappa shape index (κ1) is 15.5. The molecule has 0 spiro atoms. The molecule has 1 aromatic carbocycles. The summed E-state index contributed by atoms with van der Waals surface area (Å²) in [4.78, 5) is 11.6. The number of carbonyl (C=O) groups is 1. The third-order valence-corrected chi connectivity index (χ3v) is 3.15. The van der Waals surface area contributed by atoms with Gasteiger partial charge in [0.15, 0.2) is 0 Å². The number of nitrogens with two attached hydrogens (primary N) is 1. The average molecular weight is 262 g/mol. The highest BCUT2D eigenvalue weighted by atomic mass is 16.1. The topological polar surface area (TPSA) is 55.1 Å². The van der Waals surface area contributed by atoms with Gasteiger partial charge in [0, 0.05) is 18.7 Å². The molecular weight excluding hydrogens is 236 g/mol. The first-order chi connectivity index (χ1) is 9.08. The SMILES string of the molecule is CC(C)CCCCNC(=O)CCc1ccc(N)cc1. The largest absolute Gasteiger partial charge is 0.399 e. The second-order valence-electron chi connectivity index (χ2n) is 5.48. The number of unbranched alkanes of at least 4 members (excludes halogenated alkanes) is 1. The van der Waals surface area contributed by atoms with E-state index in [9.17, 15) is 4.79 Å². The van der Waals surface area contributed by atoms with Crippen molar-refractivity contribution in [1.29, 1.82) is 0 Å². The number of carbonyl (C=O) groups excluding carboxylic acids is 1. The molecule has 0 aliphatic carbocycles. The van der Waals surface area contributed by atoms with Gasteiger partial charge in [-0.2, -0.15) is 0 Å². The summed E-state index contributed by atoms with van der Waals surface area (Å²) in [6, 6.07) is 7.70. The smallest absolute Gasteiger partial charge is 0.220 e. The van der Waals surface area contributed by atoms with Crippen molar-refractivity contribution in [2.24, 2.45) is 5.92 Å². The highest BCUT2D eigenvalue weighted by Crippen LogP contribution is 2.08. The summed E-state index contributed by atoms with van der Waals surface area (Å²) in [6.45, 7) is 5.25. The van der Waals surface area contributed by atoms with E-state index in [0.717, 1.165) is 36.6 Å². The zero-order chi connectivity index (χ0) is 14.1. The number of amides is 1. The summed E-state index contributed by atoms with van der Waals surface area (Å²) in [6.07, 6.45) is 4.83. The second kappa shape index (κ2) is 8.57. The second-order valence-corrected chi connectivity index (χ2v) is 5.48. The van der Waals surface area contributed by atoms with Crippen LogP contribution in [0.2, 0.25) is 0 Å². The fourth-order valence-corrected chi connectivity index (χ4v) is 1.94. The number of anilines is 1. The van der Waals surface area contributed by atoms with Gasteiger partial charge in [0.25, 0.3) is 0 Å². The van der Waals surface area contributed by atoms with Gasteiger partial charge >= 0.3 is 0 Å². The van der Waals surface area contributed by atoms with E-state index in [1.54, 1.807) is 0 Å². The zero-order valence-electron chi connectivity index (χ0n) is 12.1. The van der Waals surface area contributed by atoms with E-state index in [-0.39, 0.29) is 5.91 Å². The Labute approximate surface area is 116 Å². The molecule has 0 bridgehead atoms. The molecular formula is C16H26N2O. The van der Waals surface area contributed by atoms with Crippen LogP contribution in [0.5, 0.6) is 0 Å². The van der Waals surface area contributed by atoms with Crippen LogP contribution in [0.15, 0.2) is 24.3 Å². The van der Waals surface area contributed by atoms with Crippen LogP contribution in [0, 0.1) is 5.92 Å². The van der Waals surface area contributed by atoms with E-state index in [0.29, 0.717) is 6.42 Å². The van der Waals surface area contributed by atoms with E-state index in [2.05, 4.69) is 19.2 Å². The molecule has 1 rings (SSSR count). The van der Waals surface area contributed by atoms with Crippen LogP contribution in [0.1, 0.15) is 45.1 Å². The molecule has 0 aliphatic heterocycles. The lowest BCUT2D eigenvalue weighted by Crippen LogP contribution is -2.24. The average Bonchev–Trinajstić information content (AvgIpc) is 2.37. The lowest BCUT2D eigenvalue weighted by atomic mass is 10.1. The van der Waals surface area contributed by atoms with Gasteiger partial charge in [-0.3, -0.25) is 4.79 Å².